The van der Waals surface area contributed by atoms with Gasteiger partial charge in [0.2, 0.25) is 5.43 Å². The Hall–Kier alpha value is -2.56. The largest absolute Gasteiger partial charge is 0.491 e. The maximum atomic E-state index is 12.8. The van der Waals surface area contributed by atoms with Gasteiger partial charge in [0.15, 0.2) is 5.75 Å². The van der Waals surface area contributed by atoms with Gasteiger partial charge >= 0.3 is 0 Å². The predicted octanol–water partition coefficient (Wildman–Crippen LogP) is 2.65. The van der Waals surface area contributed by atoms with E-state index in [9.17, 15) is 9.59 Å². The number of aromatic amines is 1. The molecule has 5 nitrogen and oxygen atoms in total. The molecule has 2 heterocycles. The normalized spacial score (nSPS) is 19.3. The topological polar surface area (TPSA) is 62.4 Å². The van der Waals surface area contributed by atoms with Crippen molar-refractivity contribution in [2.24, 2.45) is 5.41 Å². The summed E-state index contributed by atoms with van der Waals surface area (Å²) in [7, 11) is 1.43. The molecule has 0 unspecified atom stereocenters. The Morgan fingerprint density at radius 1 is 1.29 bits per heavy atom. The molecule has 3 rings (SSSR count). The van der Waals surface area contributed by atoms with Gasteiger partial charge in [-0.1, -0.05) is 44.2 Å². The molecule has 2 aromatic rings. The zero-order chi connectivity index (χ0) is 17.3. The minimum atomic E-state index is -0.294. The molecule has 1 aromatic carbocycles. The third-order valence-electron chi connectivity index (χ3n) is 4.76. The SMILES string of the molecule is COc1c[nH]c(C(=O)N2C[C@@H](c3ccccc3)C(C)(C)C2)cc1=O. The highest BCUT2D eigenvalue weighted by Gasteiger charge is 2.42. The summed E-state index contributed by atoms with van der Waals surface area (Å²) in [6.07, 6.45) is 1.44. The van der Waals surface area contributed by atoms with Gasteiger partial charge in [-0.3, -0.25) is 9.59 Å². The fraction of sp³-hybridized carbons (Fsp3) is 0.368. The van der Waals surface area contributed by atoms with E-state index in [1.165, 1.54) is 24.9 Å². The van der Waals surface area contributed by atoms with Crippen LogP contribution in [0.15, 0.2) is 47.4 Å². The standard InChI is InChI=1S/C19H22N2O3/c1-19(2)12-21(11-14(19)13-7-5-4-6-8-13)18(23)15-9-16(22)17(24-3)10-20-15/h4-10,14H,11-12H2,1-3H3,(H,20,22)/t14-/m0/s1. The summed E-state index contributed by atoms with van der Waals surface area (Å²) in [5.74, 6) is 0.323. The molecule has 0 spiro atoms. The molecule has 5 heteroatoms. The third-order valence-corrected chi connectivity index (χ3v) is 4.76. The fourth-order valence-corrected chi connectivity index (χ4v) is 3.44. The lowest BCUT2D eigenvalue weighted by atomic mass is 9.78. The number of amides is 1. The number of nitrogens with zero attached hydrogens (tertiary/aromatic N) is 1. The summed E-state index contributed by atoms with van der Waals surface area (Å²) >= 11 is 0. The summed E-state index contributed by atoms with van der Waals surface area (Å²) in [4.78, 5) is 29.4. The van der Waals surface area contributed by atoms with Crippen LogP contribution in [-0.2, 0) is 0 Å². The van der Waals surface area contributed by atoms with Crippen molar-refractivity contribution in [1.29, 1.82) is 0 Å². The van der Waals surface area contributed by atoms with Crippen LogP contribution in [-0.4, -0.2) is 36.0 Å². The Labute approximate surface area is 141 Å². The van der Waals surface area contributed by atoms with E-state index in [2.05, 4.69) is 31.0 Å². The van der Waals surface area contributed by atoms with Crippen LogP contribution in [0.2, 0.25) is 0 Å². The van der Waals surface area contributed by atoms with Gasteiger partial charge in [0, 0.05) is 31.3 Å². The second-order valence-corrected chi connectivity index (χ2v) is 6.92. The predicted molar refractivity (Wildman–Crippen MR) is 92.5 cm³/mol. The van der Waals surface area contributed by atoms with E-state index in [4.69, 9.17) is 4.74 Å². The number of hydrogen-bond donors (Lipinski definition) is 1. The molecule has 0 radical (unpaired) electrons. The quantitative estimate of drug-likeness (QED) is 0.943. The lowest BCUT2D eigenvalue weighted by Crippen LogP contribution is -2.31. The van der Waals surface area contributed by atoms with Crippen molar-refractivity contribution in [3.05, 3.63) is 64.1 Å². The number of pyridine rings is 1. The van der Waals surface area contributed by atoms with Gasteiger partial charge in [0.1, 0.15) is 5.69 Å². The second-order valence-electron chi connectivity index (χ2n) is 6.92. The molecule has 1 aliphatic rings. The number of likely N-dealkylation sites (tertiary alicyclic amines) is 1. The highest BCUT2D eigenvalue weighted by atomic mass is 16.5. The highest BCUT2D eigenvalue weighted by Crippen LogP contribution is 2.42. The number of nitrogens with one attached hydrogen (secondary N) is 1. The molecule has 1 fully saturated rings. The molecule has 126 valence electrons. The zero-order valence-electron chi connectivity index (χ0n) is 14.2. The molecule has 0 saturated carbocycles. The number of ether oxygens (including phenoxy) is 1. The molecular weight excluding hydrogens is 304 g/mol. The summed E-state index contributed by atoms with van der Waals surface area (Å²) in [5, 5.41) is 0. The maximum absolute atomic E-state index is 12.8. The van der Waals surface area contributed by atoms with Gasteiger partial charge in [0.05, 0.1) is 7.11 Å². The van der Waals surface area contributed by atoms with Crippen LogP contribution < -0.4 is 10.2 Å². The number of H-pyrrole nitrogens is 1. The minimum Gasteiger partial charge on any atom is -0.491 e. The van der Waals surface area contributed by atoms with Crippen molar-refractivity contribution in [2.75, 3.05) is 20.2 Å². The maximum Gasteiger partial charge on any atom is 0.270 e. The Bertz CT molecular complexity index is 796. The van der Waals surface area contributed by atoms with E-state index in [0.29, 0.717) is 18.8 Å². The summed E-state index contributed by atoms with van der Waals surface area (Å²) in [6.45, 7) is 5.65. The van der Waals surface area contributed by atoms with Crippen molar-refractivity contribution in [3.63, 3.8) is 0 Å². The van der Waals surface area contributed by atoms with E-state index in [1.807, 2.05) is 23.1 Å². The Morgan fingerprint density at radius 2 is 2.00 bits per heavy atom. The highest BCUT2D eigenvalue weighted by molar-refractivity contribution is 5.92. The van der Waals surface area contributed by atoms with Gasteiger partial charge in [-0.15, -0.1) is 0 Å². The molecule has 1 aromatic heterocycles. The number of carbonyl (C=O) groups is 1. The fourth-order valence-electron chi connectivity index (χ4n) is 3.44. The third kappa shape index (κ3) is 2.94. The Morgan fingerprint density at radius 3 is 2.62 bits per heavy atom. The van der Waals surface area contributed by atoms with Crippen LogP contribution in [0, 0.1) is 5.41 Å². The first-order valence-electron chi connectivity index (χ1n) is 8.03. The van der Waals surface area contributed by atoms with E-state index < -0.39 is 0 Å². The molecule has 1 N–H and O–H groups in total. The average molecular weight is 326 g/mol. The zero-order valence-corrected chi connectivity index (χ0v) is 14.2. The van der Waals surface area contributed by atoms with Gasteiger partial charge in [0.25, 0.3) is 5.91 Å². The first kappa shape index (κ1) is 16.3. The lowest BCUT2D eigenvalue weighted by Gasteiger charge is -2.25. The second kappa shape index (κ2) is 6.15. The average Bonchev–Trinajstić information content (AvgIpc) is 2.90. The van der Waals surface area contributed by atoms with Gasteiger partial charge in [-0.2, -0.15) is 0 Å². The molecular formula is C19H22N2O3. The van der Waals surface area contributed by atoms with Crippen LogP contribution in [0.3, 0.4) is 0 Å². The van der Waals surface area contributed by atoms with Gasteiger partial charge in [-0.05, 0) is 11.0 Å². The summed E-state index contributed by atoms with van der Waals surface area (Å²) in [5.41, 5.74) is 1.22. The van der Waals surface area contributed by atoms with Crippen molar-refractivity contribution in [2.45, 2.75) is 19.8 Å². The van der Waals surface area contributed by atoms with E-state index in [0.717, 1.165) is 0 Å². The molecule has 24 heavy (non-hydrogen) atoms. The number of aromatic nitrogens is 1. The number of rotatable bonds is 3. The molecule has 0 aliphatic carbocycles. The van der Waals surface area contributed by atoms with Gasteiger partial charge in [-0.25, -0.2) is 0 Å². The first-order chi connectivity index (χ1) is 11.4. The van der Waals surface area contributed by atoms with Crippen molar-refractivity contribution in [3.8, 4) is 5.75 Å². The number of methoxy groups -OCH3 is 1. The van der Waals surface area contributed by atoms with Crippen LogP contribution in [0.1, 0.15) is 35.8 Å². The summed E-state index contributed by atoms with van der Waals surface area (Å²) < 4.78 is 4.94. The lowest BCUT2D eigenvalue weighted by molar-refractivity contribution is 0.0772. The van der Waals surface area contributed by atoms with E-state index >= 15 is 0 Å². The van der Waals surface area contributed by atoms with Crippen LogP contribution in [0.4, 0.5) is 0 Å². The number of benzene rings is 1. The van der Waals surface area contributed by atoms with Crippen molar-refractivity contribution in [1.82, 2.24) is 9.88 Å². The van der Waals surface area contributed by atoms with Crippen LogP contribution >= 0.6 is 0 Å². The minimum absolute atomic E-state index is 0.0240. The van der Waals surface area contributed by atoms with E-state index in [-0.39, 0.29) is 28.4 Å². The van der Waals surface area contributed by atoms with Crippen molar-refractivity contribution < 1.29 is 9.53 Å². The molecule has 1 saturated heterocycles. The monoisotopic (exact) mass is 326 g/mol. The number of hydrogen-bond acceptors (Lipinski definition) is 3. The Balaban J connectivity index is 1.85. The number of carbonyl (C=O) groups excluding carboxylic acids is 1. The molecule has 0 bridgehead atoms. The van der Waals surface area contributed by atoms with Gasteiger partial charge < -0.3 is 14.6 Å². The molecule has 1 atom stereocenters. The van der Waals surface area contributed by atoms with Crippen molar-refractivity contribution >= 4 is 5.91 Å². The van der Waals surface area contributed by atoms with Crippen LogP contribution in [0.5, 0.6) is 5.75 Å². The van der Waals surface area contributed by atoms with Crippen LogP contribution in [0.25, 0.3) is 0 Å². The smallest absolute Gasteiger partial charge is 0.270 e. The Kier molecular flexibility index (Phi) is 4.18. The first-order valence-corrected chi connectivity index (χ1v) is 8.03. The van der Waals surface area contributed by atoms with E-state index in [1.54, 1.807) is 0 Å². The molecule has 1 amide bonds. The summed E-state index contributed by atoms with van der Waals surface area (Å²) in [6, 6.07) is 11.6. The molecule has 1 aliphatic heterocycles.